The van der Waals surface area contributed by atoms with Gasteiger partial charge in [-0.2, -0.15) is 0 Å². The summed E-state index contributed by atoms with van der Waals surface area (Å²) in [4.78, 5) is 4.10. The highest BCUT2D eigenvalue weighted by molar-refractivity contribution is 7.09. The summed E-state index contributed by atoms with van der Waals surface area (Å²) in [6.07, 6.45) is 0. The molecule has 1 rings (SSSR count). The Labute approximate surface area is 78.7 Å². The van der Waals surface area contributed by atoms with Gasteiger partial charge in [-0.15, -0.1) is 11.3 Å². The van der Waals surface area contributed by atoms with Crippen molar-refractivity contribution in [3.8, 4) is 0 Å². The molecule has 11 heavy (non-hydrogen) atoms. The molecule has 1 heterocycles. The lowest BCUT2D eigenvalue weighted by Gasteiger charge is -1.96. The van der Waals surface area contributed by atoms with Gasteiger partial charge in [0.25, 0.3) is 0 Å². The number of nitrogens with zero attached hydrogens (tertiary/aromatic N) is 1. The fraction of sp³-hybridized carbons (Fsp3) is 0.625. The molecule has 0 aliphatic rings. The number of aromatic nitrogens is 1. The normalized spacial score (nSPS) is 20.1. The largest absolute Gasteiger partial charge is 0.314 e. The second-order valence-electron chi connectivity index (χ2n) is 2.48. The molecule has 0 aliphatic heterocycles. The molecule has 0 aliphatic carbocycles. The maximum atomic E-state index is 7.62. The van der Waals surface area contributed by atoms with Crippen LogP contribution >= 0.6 is 11.3 Å². The van der Waals surface area contributed by atoms with Crippen LogP contribution in [-0.2, 0) is 6.50 Å². The van der Waals surface area contributed by atoms with Crippen molar-refractivity contribution in [3.63, 3.8) is 0 Å². The highest BCUT2D eigenvalue weighted by Gasteiger charge is 2.03. The van der Waals surface area contributed by atoms with Crippen molar-refractivity contribution in [2.75, 3.05) is 6.98 Å². The summed E-state index contributed by atoms with van der Waals surface area (Å²) in [6.45, 7) is -0.745. The molecular weight excluding hydrogens is 156 g/mol. The van der Waals surface area contributed by atoms with Crippen molar-refractivity contribution in [2.45, 2.75) is 26.3 Å². The van der Waals surface area contributed by atoms with Gasteiger partial charge in [0.05, 0.1) is 10.7 Å². The topological polar surface area (TPSA) is 24.9 Å². The summed E-state index contributed by atoms with van der Waals surface area (Å²) in [5.74, 6) is 0.210. The molecule has 0 aromatic carbocycles. The molecular formula is C8H14N2S. The van der Waals surface area contributed by atoms with Crippen LogP contribution in [0, 0.1) is 0 Å². The first kappa shape index (κ1) is 4.01. The van der Waals surface area contributed by atoms with Gasteiger partial charge in [0, 0.05) is 24.6 Å². The smallest absolute Gasteiger partial charge is 0.0954 e. The molecule has 0 fully saturated rings. The van der Waals surface area contributed by atoms with E-state index >= 15 is 0 Å². The molecule has 0 amide bonds. The Hall–Kier alpha value is -0.410. The van der Waals surface area contributed by atoms with Crippen molar-refractivity contribution in [3.05, 3.63) is 16.1 Å². The van der Waals surface area contributed by atoms with Gasteiger partial charge in [0.2, 0.25) is 0 Å². The predicted molar refractivity (Wildman–Crippen MR) is 49.0 cm³/mol. The van der Waals surface area contributed by atoms with E-state index < -0.39 is 13.5 Å². The minimum absolute atomic E-state index is 0.123. The van der Waals surface area contributed by atoms with E-state index in [0.717, 1.165) is 5.01 Å². The highest BCUT2D eigenvalue weighted by Crippen LogP contribution is 2.18. The van der Waals surface area contributed by atoms with Gasteiger partial charge in [-0.05, 0) is 6.98 Å². The molecule has 1 aromatic heterocycles. The molecule has 2 nitrogen and oxygen atoms in total. The average molecular weight is 175 g/mol. The third-order valence-electron chi connectivity index (χ3n) is 1.21. The van der Waals surface area contributed by atoms with E-state index in [2.05, 4.69) is 4.98 Å². The maximum Gasteiger partial charge on any atom is 0.0954 e. The third kappa shape index (κ3) is 2.27. The summed E-state index contributed by atoms with van der Waals surface area (Å²) in [5, 5.41) is 4.29. The molecule has 0 bridgehead atoms. The molecule has 0 saturated heterocycles. The first-order valence-electron chi connectivity index (χ1n) is 5.87. The summed E-state index contributed by atoms with van der Waals surface area (Å²) >= 11 is 1.34. The average Bonchev–Trinajstić information content (AvgIpc) is 2.46. The summed E-state index contributed by atoms with van der Waals surface area (Å²) in [6, 6.07) is 0. The van der Waals surface area contributed by atoms with Gasteiger partial charge in [-0.1, -0.05) is 13.8 Å². The van der Waals surface area contributed by atoms with Gasteiger partial charge in [0.1, 0.15) is 0 Å². The zero-order chi connectivity index (χ0) is 12.6. The van der Waals surface area contributed by atoms with Crippen molar-refractivity contribution in [2.24, 2.45) is 0 Å². The van der Waals surface area contributed by atoms with E-state index in [4.69, 9.17) is 6.85 Å². The van der Waals surface area contributed by atoms with Gasteiger partial charge in [0.15, 0.2) is 0 Å². The monoisotopic (exact) mass is 175 g/mol. The Morgan fingerprint density at radius 2 is 2.73 bits per heavy atom. The fourth-order valence-electron chi connectivity index (χ4n) is 0.674. The summed E-state index contributed by atoms with van der Waals surface area (Å²) in [5.41, 5.74) is 0.123. The second-order valence-corrected chi connectivity index (χ2v) is 3.37. The van der Waals surface area contributed by atoms with E-state index in [-0.39, 0.29) is 11.6 Å². The first-order valence-corrected chi connectivity index (χ1v) is 4.25. The van der Waals surface area contributed by atoms with Crippen molar-refractivity contribution >= 4 is 11.3 Å². The Morgan fingerprint density at radius 3 is 3.27 bits per heavy atom. The van der Waals surface area contributed by atoms with Crippen LogP contribution < -0.4 is 5.32 Å². The van der Waals surface area contributed by atoms with Crippen LogP contribution in [0.15, 0.2) is 5.38 Å². The summed E-state index contributed by atoms with van der Waals surface area (Å²) in [7, 11) is 0. The molecule has 1 aromatic rings. The van der Waals surface area contributed by atoms with E-state index in [1.54, 1.807) is 5.38 Å². The van der Waals surface area contributed by atoms with Crippen molar-refractivity contribution in [1.82, 2.24) is 10.3 Å². The van der Waals surface area contributed by atoms with Crippen molar-refractivity contribution < 1.29 is 6.85 Å². The number of hydrogen-bond donors (Lipinski definition) is 1. The minimum Gasteiger partial charge on any atom is -0.314 e. The lowest BCUT2D eigenvalue weighted by molar-refractivity contribution is 0.776. The Morgan fingerprint density at radius 1 is 1.91 bits per heavy atom. The molecule has 3 heteroatoms. The maximum absolute atomic E-state index is 7.62. The quantitative estimate of drug-likeness (QED) is 0.760. The standard InChI is InChI=1S/C8H14N2S/c1-6(2)8-10-7(4-9-3)5-11-8/h5-6,9H,4H2,1-3H3/i3D3,4D2. The van der Waals surface area contributed by atoms with Crippen molar-refractivity contribution in [1.29, 1.82) is 0 Å². The van der Waals surface area contributed by atoms with E-state index in [1.807, 2.05) is 19.2 Å². The Kier molecular flexibility index (Phi) is 1.40. The molecule has 0 radical (unpaired) electrons. The predicted octanol–water partition coefficient (Wildman–Crippen LogP) is 1.99. The molecule has 0 unspecified atom stereocenters. The lowest BCUT2D eigenvalue weighted by atomic mass is 10.2. The number of thiazole rings is 1. The van der Waals surface area contributed by atoms with Crippen LogP contribution in [0.25, 0.3) is 0 Å². The zero-order valence-electron chi connectivity index (χ0n) is 11.5. The van der Waals surface area contributed by atoms with Crippen LogP contribution in [0.1, 0.15) is 37.3 Å². The van der Waals surface area contributed by atoms with Gasteiger partial charge in [-0.3, -0.25) is 0 Å². The van der Waals surface area contributed by atoms with Crippen LogP contribution in [0.3, 0.4) is 0 Å². The van der Waals surface area contributed by atoms with Gasteiger partial charge < -0.3 is 5.32 Å². The number of nitrogens with one attached hydrogen (secondary N) is 1. The number of hydrogen-bond acceptors (Lipinski definition) is 3. The first-order chi connectivity index (χ1) is 7.12. The molecule has 0 atom stereocenters. The third-order valence-corrected chi connectivity index (χ3v) is 2.35. The molecule has 0 spiro atoms. The molecule has 1 N–H and O–H groups in total. The van der Waals surface area contributed by atoms with Crippen LogP contribution in [0.2, 0.25) is 0 Å². The van der Waals surface area contributed by atoms with E-state index in [0.29, 0.717) is 0 Å². The minimum atomic E-state index is -2.52. The summed E-state index contributed by atoms with van der Waals surface area (Å²) < 4.78 is 36.2. The van der Waals surface area contributed by atoms with Gasteiger partial charge in [-0.25, -0.2) is 4.98 Å². The second kappa shape index (κ2) is 3.83. The fourth-order valence-corrected chi connectivity index (χ4v) is 1.44. The lowest BCUT2D eigenvalue weighted by Crippen LogP contribution is -2.05. The number of rotatable bonds is 3. The van der Waals surface area contributed by atoms with Crippen LogP contribution in [0.5, 0.6) is 0 Å². The van der Waals surface area contributed by atoms with E-state index in [9.17, 15) is 0 Å². The Balaban J connectivity index is 2.89. The SMILES string of the molecule is [2H]C([2H])([2H])NC([2H])([2H])c1csc(C(C)C)n1. The van der Waals surface area contributed by atoms with E-state index in [1.165, 1.54) is 11.3 Å². The molecule has 62 valence electrons. The highest BCUT2D eigenvalue weighted by atomic mass is 32.1. The van der Waals surface area contributed by atoms with Crippen LogP contribution in [0.4, 0.5) is 0 Å². The van der Waals surface area contributed by atoms with Crippen LogP contribution in [-0.4, -0.2) is 12.0 Å². The van der Waals surface area contributed by atoms with Gasteiger partial charge >= 0.3 is 0 Å². The zero-order valence-corrected chi connectivity index (χ0v) is 7.33. The Bertz CT molecular complexity index is 358. The molecule has 0 saturated carbocycles.